The standard InChI is InChI=1S/C9H8F3N3O/c10-9(11,12)8(16)5-7(14-15-8)6-1-3-13-4-2-6/h1-4,15-16H,5H2. The fraction of sp³-hybridized carbons (Fsp3) is 0.333. The molecule has 2 rings (SSSR count). The van der Waals surface area contributed by atoms with Crippen LogP contribution in [0.1, 0.15) is 12.0 Å². The first-order valence-corrected chi connectivity index (χ1v) is 4.46. The highest BCUT2D eigenvalue weighted by atomic mass is 19.4. The van der Waals surface area contributed by atoms with Crippen molar-refractivity contribution in [2.45, 2.75) is 18.3 Å². The molecule has 1 aromatic heterocycles. The Morgan fingerprint density at radius 2 is 1.94 bits per heavy atom. The van der Waals surface area contributed by atoms with Crippen molar-refractivity contribution in [3.05, 3.63) is 30.1 Å². The smallest absolute Gasteiger partial charge is 0.362 e. The number of halogens is 3. The van der Waals surface area contributed by atoms with Gasteiger partial charge in [0.15, 0.2) is 0 Å². The first kappa shape index (κ1) is 10.9. The Bertz CT molecular complexity index is 418. The van der Waals surface area contributed by atoms with Crippen molar-refractivity contribution in [2.75, 3.05) is 0 Å². The van der Waals surface area contributed by atoms with Crippen LogP contribution in [-0.4, -0.2) is 27.7 Å². The van der Waals surface area contributed by atoms with E-state index >= 15 is 0 Å². The third-order valence-corrected chi connectivity index (χ3v) is 2.28. The van der Waals surface area contributed by atoms with E-state index in [0.717, 1.165) is 0 Å². The zero-order chi connectivity index (χ0) is 11.8. The molecule has 0 fully saturated rings. The van der Waals surface area contributed by atoms with Gasteiger partial charge in [-0.25, -0.2) is 0 Å². The summed E-state index contributed by atoms with van der Waals surface area (Å²) in [7, 11) is 0. The Labute approximate surface area is 88.8 Å². The predicted molar refractivity (Wildman–Crippen MR) is 49.5 cm³/mol. The molecule has 1 unspecified atom stereocenters. The third-order valence-electron chi connectivity index (χ3n) is 2.28. The summed E-state index contributed by atoms with van der Waals surface area (Å²) in [5.41, 5.74) is -0.590. The van der Waals surface area contributed by atoms with Crippen LogP contribution < -0.4 is 5.43 Å². The van der Waals surface area contributed by atoms with Gasteiger partial charge in [0.1, 0.15) is 0 Å². The fourth-order valence-electron chi connectivity index (χ4n) is 1.36. The minimum atomic E-state index is -4.76. The minimum absolute atomic E-state index is 0.155. The van der Waals surface area contributed by atoms with Crippen LogP contribution in [-0.2, 0) is 0 Å². The number of aromatic nitrogens is 1. The van der Waals surface area contributed by atoms with Crippen molar-refractivity contribution in [1.82, 2.24) is 10.4 Å². The van der Waals surface area contributed by atoms with Gasteiger partial charge in [0.25, 0.3) is 5.72 Å². The van der Waals surface area contributed by atoms with Gasteiger partial charge in [0, 0.05) is 18.0 Å². The molecule has 0 aromatic carbocycles. The first-order chi connectivity index (χ1) is 7.42. The van der Waals surface area contributed by atoms with Gasteiger partial charge in [-0.15, -0.1) is 0 Å². The Morgan fingerprint density at radius 1 is 1.31 bits per heavy atom. The van der Waals surface area contributed by atoms with Gasteiger partial charge in [0.05, 0.1) is 12.1 Å². The number of alkyl halides is 3. The summed E-state index contributed by atoms with van der Waals surface area (Å²) in [6.45, 7) is 0. The van der Waals surface area contributed by atoms with Gasteiger partial charge < -0.3 is 5.11 Å². The van der Waals surface area contributed by atoms with Crippen LogP contribution in [0.5, 0.6) is 0 Å². The molecular weight excluding hydrogens is 223 g/mol. The van der Waals surface area contributed by atoms with Crippen molar-refractivity contribution in [3.8, 4) is 0 Å². The van der Waals surface area contributed by atoms with E-state index in [1.165, 1.54) is 24.5 Å². The number of rotatable bonds is 1. The second-order valence-corrected chi connectivity index (χ2v) is 3.44. The Morgan fingerprint density at radius 3 is 2.44 bits per heavy atom. The number of nitrogens with zero attached hydrogens (tertiary/aromatic N) is 2. The molecule has 4 nitrogen and oxygen atoms in total. The molecule has 0 spiro atoms. The van der Waals surface area contributed by atoms with E-state index in [4.69, 9.17) is 0 Å². The molecule has 2 N–H and O–H groups in total. The van der Waals surface area contributed by atoms with E-state index in [-0.39, 0.29) is 5.71 Å². The maximum atomic E-state index is 12.4. The molecule has 0 saturated heterocycles. The summed E-state index contributed by atoms with van der Waals surface area (Å²) in [6.07, 6.45) is -2.47. The van der Waals surface area contributed by atoms with E-state index in [1.54, 1.807) is 5.43 Å². The highest BCUT2D eigenvalue weighted by molar-refractivity contribution is 6.01. The molecule has 1 aliphatic rings. The highest BCUT2D eigenvalue weighted by Crippen LogP contribution is 2.34. The predicted octanol–water partition coefficient (Wildman–Crippen LogP) is 1.03. The molecule has 1 aromatic rings. The first-order valence-electron chi connectivity index (χ1n) is 4.46. The average molecular weight is 231 g/mol. The molecule has 1 atom stereocenters. The molecule has 2 heterocycles. The van der Waals surface area contributed by atoms with Crippen LogP contribution in [0.15, 0.2) is 29.6 Å². The summed E-state index contributed by atoms with van der Waals surface area (Å²) in [5, 5.41) is 12.8. The van der Waals surface area contributed by atoms with Crippen LogP contribution in [0.25, 0.3) is 0 Å². The molecule has 16 heavy (non-hydrogen) atoms. The molecular formula is C9H8F3N3O. The van der Waals surface area contributed by atoms with Crippen molar-refractivity contribution in [3.63, 3.8) is 0 Å². The van der Waals surface area contributed by atoms with Gasteiger partial charge in [-0.3, -0.25) is 10.4 Å². The summed E-state index contributed by atoms with van der Waals surface area (Å²) in [4.78, 5) is 3.74. The summed E-state index contributed by atoms with van der Waals surface area (Å²) < 4.78 is 37.3. The van der Waals surface area contributed by atoms with Crippen LogP contribution in [0.2, 0.25) is 0 Å². The lowest BCUT2D eigenvalue weighted by Crippen LogP contribution is -2.52. The van der Waals surface area contributed by atoms with Crippen molar-refractivity contribution < 1.29 is 18.3 Å². The number of pyridine rings is 1. The monoisotopic (exact) mass is 231 g/mol. The maximum absolute atomic E-state index is 12.4. The number of hydrazone groups is 1. The second kappa shape index (κ2) is 3.44. The molecule has 7 heteroatoms. The van der Waals surface area contributed by atoms with E-state index in [9.17, 15) is 18.3 Å². The lowest BCUT2D eigenvalue weighted by atomic mass is 10.0. The Kier molecular flexibility index (Phi) is 2.34. The van der Waals surface area contributed by atoms with Crippen LogP contribution in [0, 0.1) is 0 Å². The normalized spacial score (nSPS) is 25.1. The summed E-state index contributed by atoms with van der Waals surface area (Å²) in [6, 6.07) is 3.06. The van der Waals surface area contributed by atoms with Crippen molar-refractivity contribution in [1.29, 1.82) is 0 Å². The number of hydrogen-bond donors (Lipinski definition) is 2. The SMILES string of the molecule is OC1(C(F)(F)F)CC(c2ccncc2)=NN1. The molecule has 0 amide bonds. The molecule has 86 valence electrons. The van der Waals surface area contributed by atoms with Crippen LogP contribution >= 0.6 is 0 Å². The van der Waals surface area contributed by atoms with E-state index in [0.29, 0.717) is 5.56 Å². The minimum Gasteiger partial charge on any atom is -0.362 e. The fourth-order valence-corrected chi connectivity index (χ4v) is 1.36. The lowest BCUT2D eigenvalue weighted by Gasteiger charge is -2.24. The molecule has 0 radical (unpaired) electrons. The van der Waals surface area contributed by atoms with E-state index in [1.807, 2.05) is 0 Å². The highest BCUT2D eigenvalue weighted by Gasteiger charge is 2.57. The van der Waals surface area contributed by atoms with Gasteiger partial charge in [-0.1, -0.05) is 0 Å². The Balaban J connectivity index is 2.20. The number of nitrogens with one attached hydrogen (secondary N) is 1. The summed E-state index contributed by atoms with van der Waals surface area (Å²) >= 11 is 0. The zero-order valence-electron chi connectivity index (χ0n) is 7.99. The zero-order valence-corrected chi connectivity index (χ0v) is 7.99. The topological polar surface area (TPSA) is 57.5 Å². The number of aliphatic hydroxyl groups is 1. The van der Waals surface area contributed by atoms with Crippen molar-refractivity contribution >= 4 is 5.71 Å². The van der Waals surface area contributed by atoms with E-state index < -0.39 is 18.3 Å². The van der Waals surface area contributed by atoms with E-state index in [2.05, 4.69) is 10.1 Å². The Hall–Kier alpha value is -1.63. The van der Waals surface area contributed by atoms with Gasteiger partial charge >= 0.3 is 6.18 Å². The largest absolute Gasteiger partial charge is 0.438 e. The maximum Gasteiger partial charge on any atom is 0.438 e. The average Bonchev–Trinajstić information content (AvgIpc) is 2.63. The second-order valence-electron chi connectivity index (χ2n) is 3.44. The summed E-state index contributed by atoms with van der Waals surface area (Å²) in [5.74, 6) is 0. The molecule has 0 bridgehead atoms. The van der Waals surface area contributed by atoms with Gasteiger partial charge in [-0.05, 0) is 12.1 Å². The van der Waals surface area contributed by atoms with Gasteiger partial charge in [-0.2, -0.15) is 18.3 Å². The molecule has 0 saturated carbocycles. The lowest BCUT2D eigenvalue weighted by molar-refractivity contribution is -0.266. The van der Waals surface area contributed by atoms with Crippen molar-refractivity contribution in [2.24, 2.45) is 5.10 Å². The quantitative estimate of drug-likeness (QED) is 0.759. The number of hydrogen-bond acceptors (Lipinski definition) is 4. The van der Waals surface area contributed by atoms with Gasteiger partial charge in [0.2, 0.25) is 0 Å². The van der Waals surface area contributed by atoms with Crippen LogP contribution in [0.4, 0.5) is 13.2 Å². The van der Waals surface area contributed by atoms with Crippen LogP contribution in [0.3, 0.4) is 0 Å². The molecule has 0 aliphatic carbocycles. The third kappa shape index (κ3) is 1.73. The molecule has 1 aliphatic heterocycles.